The van der Waals surface area contributed by atoms with Gasteiger partial charge < -0.3 is 14.7 Å². The molecule has 1 N–H and O–H groups in total. The van der Waals surface area contributed by atoms with E-state index >= 15 is 0 Å². The fourth-order valence-corrected chi connectivity index (χ4v) is 2.60. The van der Waals surface area contributed by atoms with Crippen LogP contribution in [0.5, 0.6) is 0 Å². The molecule has 0 spiro atoms. The largest absolute Gasteiger partial charge is 0.414 e. The van der Waals surface area contributed by atoms with E-state index in [-0.39, 0.29) is 0 Å². The minimum atomic E-state index is -4.58. The molecule has 1 saturated heterocycles. The summed E-state index contributed by atoms with van der Waals surface area (Å²) in [4.78, 5) is 6.49. The normalized spacial score (nSPS) is 19.0. The van der Waals surface area contributed by atoms with E-state index in [9.17, 15) is 13.2 Å². The van der Waals surface area contributed by atoms with Gasteiger partial charge >= 0.3 is 6.18 Å². The third-order valence-corrected chi connectivity index (χ3v) is 3.68. The number of aliphatic hydroxyl groups excluding tert-OH is 1. The van der Waals surface area contributed by atoms with Crippen molar-refractivity contribution in [2.45, 2.75) is 18.7 Å². The van der Waals surface area contributed by atoms with Crippen molar-refractivity contribution >= 4 is 16.5 Å². The number of ether oxygens (including phenoxy) is 1. The molecular formula is C10H13F3N2O2S. The Kier molecular flexibility index (Phi) is 4.08. The molecule has 1 aliphatic rings. The first-order valence-electron chi connectivity index (χ1n) is 5.49. The van der Waals surface area contributed by atoms with Crippen molar-refractivity contribution in [3.05, 3.63) is 11.1 Å². The van der Waals surface area contributed by atoms with Gasteiger partial charge in [0, 0.05) is 30.6 Å². The third kappa shape index (κ3) is 3.33. The Bertz CT molecular complexity index is 391. The molecule has 0 amide bonds. The molecule has 0 bridgehead atoms. The number of hydrogen-bond donors (Lipinski definition) is 1. The van der Waals surface area contributed by atoms with Gasteiger partial charge in [0.2, 0.25) is 0 Å². The summed E-state index contributed by atoms with van der Waals surface area (Å²) < 4.78 is 41.8. The maximum atomic E-state index is 12.2. The monoisotopic (exact) mass is 282 g/mol. The van der Waals surface area contributed by atoms with Crippen molar-refractivity contribution < 1.29 is 23.0 Å². The van der Waals surface area contributed by atoms with E-state index in [1.165, 1.54) is 17.5 Å². The molecule has 2 heterocycles. The van der Waals surface area contributed by atoms with Gasteiger partial charge in [-0.05, 0) is 0 Å². The summed E-state index contributed by atoms with van der Waals surface area (Å²) in [5.41, 5.74) is 0. The molecule has 1 aromatic heterocycles. The van der Waals surface area contributed by atoms with E-state index in [1.54, 1.807) is 0 Å². The van der Waals surface area contributed by atoms with Gasteiger partial charge in [0.15, 0.2) is 11.2 Å². The van der Waals surface area contributed by atoms with Crippen molar-refractivity contribution in [3.8, 4) is 0 Å². The van der Waals surface area contributed by atoms with Crippen molar-refractivity contribution in [1.29, 1.82) is 0 Å². The average molecular weight is 282 g/mol. The van der Waals surface area contributed by atoms with Crippen LogP contribution in [0.15, 0.2) is 6.20 Å². The highest BCUT2D eigenvalue weighted by molar-refractivity contribution is 7.15. The minimum Gasteiger partial charge on any atom is -0.383 e. The van der Waals surface area contributed by atoms with Gasteiger partial charge in [-0.15, -0.1) is 11.3 Å². The Morgan fingerprint density at radius 3 is 2.72 bits per heavy atom. The molecule has 1 atom stereocenters. The van der Waals surface area contributed by atoms with E-state index in [1.807, 2.05) is 4.90 Å². The molecule has 0 saturated carbocycles. The second-order valence-electron chi connectivity index (χ2n) is 3.97. The number of hydrogen-bond acceptors (Lipinski definition) is 5. The van der Waals surface area contributed by atoms with Crippen LogP contribution in [0.1, 0.15) is 4.88 Å². The summed E-state index contributed by atoms with van der Waals surface area (Å²) in [6.45, 7) is 2.57. The zero-order chi connectivity index (χ0) is 13.2. The molecule has 0 aliphatic carbocycles. The lowest BCUT2D eigenvalue weighted by molar-refractivity contribution is -0.202. The lowest BCUT2D eigenvalue weighted by Crippen LogP contribution is -2.36. The van der Waals surface area contributed by atoms with Gasteiger partial charge in [-0.3, -0.25) is 0 Å². The fourth-order valence-electron chi connectivity index (χ4n) is 1.60. The van der Waals surface area contributed by atoms with Crippen molar-refractivity contribution in [2.24, 2.45) is 0 Å². The number of nitrogens with zero attached hydrogens (tertiary/aromatic N) is 2. The van der Waals surface area contributed by atoms with E-state index in [4.69, 9.17) is 9.84 Å². The Morgan fingerprint density at radius 1 is 1.44 bits per heavy atom. The Hall–Kier alpha value is -0.860. The van der Waals surface area contributed by atoms with Crippen LogP contribution in [-0.4, -0.2) is 48.7 Å². The number of anilines is 1. The zero-order valence-corrected chi connectivity index (χ0v) is 10.3. The van der Waals surface area contributed by atoms with Crippen LogP contribution >= 0.6 is 11.3 Å². The molecular weight excluding hydrogens is 269 g/mol. The molecule has 1 unspecified atom stereocenters. The van der Waals surface area contributed by atoms with Crippen molar-refractivity contribution in [3.63, 3.8) is 0 Å². The van der Waals surface area contributed by atoms with Crippen LogP contribution < -0.4 is 4.90 Å². The molecule has 102 valence electrons. The summed E-state index contributed by atoms with van der Waals surface area (Å²) in [6, 6.07) is 0. The van der Waals surface area contributed by atoms with E-state index in [2.05, 4.69) is 4.98 Å². The lowest BCUT2D eigenvalue weighted by Gasteiger charge is -2.26. The van der Waals surface area contributed by atoms with Crippen LogP contribution in [-0.2, 0) is 11.2 Å². The minimum absolute atomic E-state index is 0.432. The Balaban J connectivity index is 1.97. The molecule has 8 heteroatoms. The predicted octanol–water partition coefficient (Wildman–Crippen LogP) is 1.45. The van der Waals surface area contributed by atoms with Crippen LogP contribution in [0.2, 0.25) is 0 Å². The number of alkyl halides is 3. The highest BCUT2D eigenvalue weighted by atomic mass is 32.1. The molecule has 18 heavy (non-hydrogen) atoms. The SMILES string of the molecule is OC(Cc1cnc(N2CCOCC2)s1)C(F)(F)F. The fraction of sp³-hybridized carbons (Fsp3) is 0.700. The van der Waals surface area contributed by atoms with Gasteiger partial charge in [0.25, 0.3) is 0 Å². The van der Waals surface area contributed by atoms with Crippen molar-refractivity contribution in [2.75, 3.05) is 31.2 Å². The van der Waals surface area contributed by atoms with Crippen LogP contribution in [0.25, 0.3) is 0 Å². The number of aliphatic hydroxyl groups is 1. The number of thiazole rings is 1. The molecule has 1 aliphatic heterocycles. The van der Waals surface area contributed by atoms with E-state index < -0.39 is 18.7 Å². The highest BCUT2D eigenvalue weighted by Crippen LogP contribution is 2.28. The third-order valence-electron chi connectivity index (χ3n) is 2.60. The summed E-state index contributed by atoms with van der Waals surface area (Å²) in [6.07, 6.45) is -5.95. The number of halogens is 3. The molecule has 0 aromatic carbocycles. The Morgan fingerprint density at radius 2 is 2.11 bits per heavy atom. The predicted molar refractivity (Wildman–Crippen MR) is 60.9 cm³/mol. The maximum Gasteiger partial charge on any atom is 0.414 e. The van der Waals surface area contributed by atoms with Gasteiger partial charge in [-0.1, -0.05) is 0 Å². The van der Waals surface area contributed by atoms with E-state index in [0.717, 1.165) is 0 Å². The van der Waals surface area contributed by atoms with Gasteiger partial charge in [-0.2, -0.15) is 13.2 Å². The van der Waals surface area contributed by atoms with E-state index in [0.29, 0.717) is 36.3 Å². The number of morpholine rings is 1. The van der Waals surface area contributed by atoms with Crippen LogP contribution in [0.4, 0.5) is 18.3 Å². The Labute approximate surface area is 106 Å². The van der Waals surface area contributed by atoms with Crippen molar-refractivity contribution in [1.82, 2.24) is 4.98 Å². The molecule has 1 fully saturated rings. The first kappa shape index (κ1) is 13.6. The maximum absolute atomic E-state index is 12.2. The van der Waals surface area contributed by atoms with Crippen LogP contribution in [0.3, 0.4) is 0 Å². The van der Waals surface area contributed by atoms with Gasteiger partial charge in [0.1, 0.15) is 0 Å². The smallest absolute Gasteiger partial charge is 0.383 e. The summed E-state index contributed by atoms with van der Waals surface area (Å²) in [7, 11) is 0. The summed E-state index contributed by atoms with van der Waals surface area (Å²) in [5, 5.41) is 9.66. The molecule has 4 nitrogen and oxygen atoms in total. The highest BCUT2D eigenvalue weighted by Gasteiger charge is 2.38. The van der Waals surface area contributed by atoms with Gasteiger partial charge in [-0.25, -0.2) is 4.98 Å². The molecule has 2 rings (SSSR count). The molecule has 1 aromatic rings. The quantitative estimate of drug-likeness (QED) is 0.911. The second-order valence-corrected chi connectivity index (χ2v) is 5.06. The number of rotatable bonds is 3. The number of aromatic nitrogens is 1. The first-order valence-corrected chi connectivity index (χ1v) is 6.30. The molecule has 0 radical (unpaired) electrons. The van der Waals surface area contributed by atoms with Crippen LogP contribution in [0, 0.1) is 0 Å². The lowest BCUT2D eigenvalue weighted by atomic mass is 10.2. The summed E-state index contributed by atoms with van der Waals surface area (Å²) in [5.74, 6) is 0. The second kappa shape index (κ2) is 5.41. The topological polar surface area (TPSA) is 45.6 Å². The van der Waals surface area contributed by atoms with Gasteiger partial charge in [0.05, 0.1) is 13.2 Å². The standard InChI is InChI=1S/C10H13F3N2O2S/c11-10(12,13)8(16)5-7-6-14-9(18-7)15-1-3-17-4-2-15/h6,8,16H,1-5H2. The first-order chi connectivity index (χ1) is 8.47. The zero-order valence-electron chi connectivity index (χ0n) is 9.48. The summed E-state index contributed by atoms with van der Waals surface area (Å²) >= 11 is 1.18. The average Bonchev–Trinajstić information content (AvgIpc) is 2.77.